The highest BCUT2D eigenvalue weighted by Crippen LogP contribution is 2.29. The Kier molecular flexibility index (Phi) is 5.32. The van der Waals surface area contributed by atoms with E-state index in [4.69, 9.17) is 0 Å². The summed E-state index contributed by atoms with van der Waals surface area (Å²) in [5.74, 6) is 0. The van der Waals surface area contributed by atoms with Crippen molar-refractivity contribution in [2.75, 3.05) is 13.6 Å². The molecule has 0 aromatic heterocycles. The predicted octanol–water partition coefficient (Wildman–Crippen LogP) is 1.92. The monoisotopic (exact) mass is 251 g/mol. The van der Waals surface area contributed by atoms with E-state index in [1.54, 1.807) is 0 Å². The maximum Gasteiger partial charge on any atom is 0.105 e. The van der Waals surface area contributed by atoms with Crippen LogP contribution in [0.1, 0.15) is 40.3 Å². The lowest BCUT2D eigenvalue weighted by molar-refractivity contribution is 0.0132. The largest absolute Gasteiger partial charge is 0.390 e. The maximum absolute atomic E-state index is 10.3. The first-order valence-corrected chi connectivity index (χ1v) is 6.48. The number of aliphatic hydroxyl groups is 2. The lowest BCUT2D eigenvalue weighted by atomic mass is 9.88. The molecule has 3 heteroatoms. The molecule has 0 bridgehead atoms. The standard InChI is InChI=1S/C15H25NO2/c1-9-8-10(2)12(4)14(11(9)3)15(18)13(17)6-7-16-5/h8,13,15-18H,6-7H2,1-5H3. The second-order valence-corrected chi connectivity index (χ2v) is 5.08. The molecule has 0 aliphatic heterocycles. The normalized spacial score (nSPS) is 14.6. The molecule has 0 heterocycles. The van der Waals surface area contributed by atoms with E-state index in [9.17, 15) is 10.2 Å². The van der Waals surface area contributed by atoms with Gasteiger partial charge in [-0.3, -0.25) is 0 Å². The summed E-state index contributed by atoms with van der Waals surface area (Å²) >= 11 is 0. The molecule has 0 saturated carbocycles. The van der Waals surface area contributed by atoms with Gasteiger partial charge in [0.05, 0.1) is 6.10 Å². The van der Waals surface area contributed by atoms with E-state index in [-0.39, 0.29) is 0 Å². The molecule has 0 saturated heterocycles. The summed E-state index contributed by atoms with van der Waals surface area (Å²) in [6.07, 6.45) is -0.989. The van der Waals surface area contributed by atoms with E-state index in [0.29, 0.717) is 13.0 Å². The zero-order valence-corrected chi connectivity index (χ0v) is 12.0. The van der Waals surface area contributed by atoms with Gasteiger partial charge in [0.1, 0.15) is 6.10 Å². The highest BCUT2D eigenvalue weighted by atomic mass is 16.3. The van der Waals surface area contributed by atoms with E-state index in [1.807, 2.05) is 34.7 Å². The topological polar surface area (TPSA) is 52.5 Å². The van der Waals surface area contributed by atoms with Crippen molar-refractivity contribution in [3.05, 3.63) is 33.9 Å². The first-order valence-electron chi connectivity index (χ1n) is 6.48. The van der Waals surface area contributed by atoms with Crippen LogP contribution in [0.25, 0.3) is 0 Å². The number of aliphatic hydroxyl groups excluding tert-OH is 2. The number of aryl methyl sites for hydroxylation is 2. The summed E-state index contributed by atoms with van der Waals surface area (Å²) in [7, 11) is 1.84. The Balaban J connectivity index is 3.08. The number of benzene rings is 1. The van der Waals surface area contributed by atoms with Crippen LogP contribution in [0.5, 0.6) is 0 Å². The minimum Gasteiger partial charge on any atom is -0.390 e. The van der Waals surface area contributed by atoms with Crippen molar-refractivity contribution < 1.29 is 10.2 Å². The Morgan fingerprint density at radius 3 is 2.00 bits per heavy atom. The van der Waals surface area contributed by atoms with Gasteiger partial charge in [-0.2, -0.15) is 0 Å². The van der Waals surface area contributed by atoms with Crippen LogP contribution in [0.2, 0.25) is 0 Å². The zero-order chi connectivity index (χ0) is 13.9. The van der Waals surface area contributed by atoms with Gasteiger partial charge in [-0.15, -0.1) is 0 Å². The van der Waals surface area contributed by atoms with Gasteiger partial charge >= 0.3 is 0 Å². The lowest BCUT2D eigenvalue weighted by Gasteiger charge is -2.24. The van der Waals surface area contributed by atoms with Crippen LogP contribution in [0.3, 0.4) is 0 Å². The van der Waals surface area contributed by atoms with Gasteiger partial charge in [0.2, 0.25) is 0 Å². The molecule has 0 radical (unpaired) electrons. The maximum atomic E-state index is 10.3. The summed E-state index contributed by atoms with van der Waals surface area (Å²) in [6, 6.07) is 2.13. The van der Waals surface area contributed by atoms with Crippen LogP contribution in [0, 0.1) is 27.7 Å². The number of hydrogen-bond acceptors (Lipinski definition) is 3. The Hall–Kier alpha value is -0.900. The van der Waals surface area contributed by atoms with Crippen molar-refractivity contribution in [1.29, 1.82) is 0 Å². The second-order valence-electron chi connectivity index (χ2n) is 5.08. The first kappa shape index (κ1) is 15.2. The van der Waals surface area contributed by atoms with Gasteiger partial charge in [-0.05, 0) is 75.5 Å². The molecule has 0 spiro atoms. The van der Waals surface area contributed by atoms with Crippen molar-refractivity contribution >= 4 is 0 Å². The predicted molar refractivity (Wildman–Crippen MR) is 74.9 cm³/mol. The van der Waals surface area contributed by atoms with Crippen molar-refractivity contribution in [2.24, 2.45) is 0 Å². The third-order valence-electron chi connectivity index (χ3n) is 3.77. The first-order chi connectivity index (χ1) is 8.40. The van der Waals surface area contributed by atoms with Crippen LogP contribution in [0.4, 0.5) is 0 Å². The van der Waals surface area contributed by atoms with Gasteiger partial charge in [0.15, 0.2) is 0 Å². The van der Waals surface area contributed by atoms with E-state index in [0.717, 1.165) is 27.8 Å². The van der Waals surface area contributed by atoms with Crippen molar-refractivity contribution in [2.45, 2.75) is 46.3 Å². The van der Waals surface area contributed by atoms with E-state index in [1.165, 1.54) is 0 Å². The Labute approximate surface area is 110 Å². The van der Waals surface area contributed by atoms with Crippen LogP contribution < -0.4 is 5.32 Å². The lowest BCUT2D eigenvalue weighted by Crippen LogP contribution is -2.24. The van der Waals surface area contributed by atoms with Gasteiger partial charge in [-0.25, -0.2) is 0 Å². The van der Waals surface area contributed by atoms with Crippen molar-refractivity contribution in [3.63, 3.8) is 0 Å². The fourth-order valence-electron chi connectivity index (χ4n) is 2.33. The minimum absolute atomic E-state index is 0.545. The molecular formula is C15H25NO2. The number of hydrogen-bond donors (Lipinski definition) is 3. The third-order valence-corrected chi connectivity index (χ3v) is 3.77. The molecule has 1 rings (SSSR count). The van der Waals surface area contributed by atoms with Crippen LogP contribution >= 0.6 is 0 Å². The van der Waals surface area contributed by atoms with Crippen LogP contribution in [0.15, 0.2) is 6.07 Å². The molecule has 2 unspecified atom stereocenters. The van der Waals surface area contributed by atoms with E-state index < -0.39 is 12.2 Å². The molecule has 3 nitrogen and oxygen atoms in total. The highest BCUT2D eigenvalue weighted by molar-refractivity contribution is 5.45. The van der Waals surface area contributed by atoms with Crippen LogP contribution in [-0.2, 0) is 0 Å². The summed E-state index contributed by atoms with van der Waals surface area (Å²) in [4.78, 5) is 0. The van der Waals surface area contributed by atoms with Gasteiger partial charge in [0, 0.05) is 0 Å². The van der Waals surface area contributed by atoms with Crippen molar-refractivity contribution in [3.8, 4) is 0 Å². The Morgan fingerprint density at radius 2 is 1.56 bits per heavy atom. The number of nitrogens with one attached hydrogen (secondary N) is 1. The van der Waals surface area contributed by atoms with Gasteiger partial charge in [0.25, 0.3) is 0 Å². The fraction of sp³-hybridized carbons (Fsp3) is 0.600. The molecule has 0 aliphatic carbocycles. The van der Waals surface area contributed by atoms with E-state index in [2.05, 4.69) is 11.4 Å². The fourth-order valence-corrected chi connectivity index (χ4v) is 2.33. The highest BCUT2D eigenvalue weighted by Gasteiger charge is 2.22. The van der Waals surface area contributed by atoms with E-state index >= 15 is 0 Å². The molecular weight excluding hydrogens is 226 g/mol. The molecule has 0 aliphatic rings. The molecule has 1 aromatic carbocycles. The second kappa shape index (κ2) is 6.32. The molecule has 3 N–H and O–H groups in total. The minimum atomic E-state index is -0.808. The quantitative estimate of drug-likeness (QED) is 0.749. The summed E-state index contributed by atoms with van der Waals surface area (Å²) < 4.78 is 0. The molecule has 1 aromatic rings. The zero-order valence-electron chi connectivity index (χ0n) is 12.0. The third kappa shape index (κ3) is 3.10. The summed E-state index contributed by atoms with van der Waals surface area (Å²) in [6.45, 7) is 8.79. The molecule has 102 valence electrons. The smallest absolute Gasteiger partial charge is 0.105 e. The molecule has 18 heavy (non-hydrogen) atoms. The van der Waals surface area contributed by atoms with Gasteiger partial charge < -0.3 is 15.5 Å². The Bertz CT molecular complexity index is 389. The number of rotatable bonds is 5. The van der Waals surface area contributed by atoms with Crippen molar-refractivity contribution in [1.82, 2.24) is 5.32 Å². The average Bonchev–Trinajstić information content (AvgIpc) is 2.33. The SMILES string of the molecule is CNCCC(O)C(O)c1c(C)c(C)cc(C)c1C. The molecule has 0 amide bonds. The molecule has 2 atom stereocenters. The summed E-state index contributed by atoms with van der Waals surface area (Å²) in [5, 5.41) is 23.4. The average molecular weight is 251 g/mol. The Morgan fingerprint density at radius 1 is 1.06 bits per heavy atom. The molecule has 0 fully saturated rings. The van der Waals surface area contributed by atoms with Crippen LogP contribution in [-0.4, -0.2) is 29.9 Å². The van der Waals surface area contributed by atoms with Gasteiger partial charge in [-0.1, -0.05) is 6.07 Å². The summed E-state index contributed by atoms with van der Waals surface area (Å²) in [5.41, 5.74) is 5.36.